The number of hydrogen-bond acceptors (Lipinski definition) is 4. The number of aliphatic hydroxyl groups is 1. The maximum atomic E-state index is 12.6. The summed E-state index contributed by atoms with van der Waals surface area (Å²) in [6.45, 7) is 8.69. The number of alkyl halides is 3. The molecule has 1 aliphatic heterocycles. The summed E-state index contributed by atoms with van der Waals surface area (Å²) >= 11 is 0. The van der Waals surface area contributed by atoms with Crippen molar-refractivity contribution in [3.63, 3.8) is 0 Å². The lowest BCUT2D eigenvalue weighted by Crippen LogP contribution is -2.45. The van der Waals surface area contributed by atoms with Gasteiger partial charge in [0, 0.05) is 38.4 Å². The molecular weight excluding hydrogens is 347 g/mol. The number of anilines is 1. The van der Waals surface area contributed by atoms with E-state index in [-0.39, 0.29) is 0 Å². The normalized spacial score (nSPS) is 19.2. The predicted molar refractivity (Wildman–Crippen MR) is 93.8 cm³/mol. The van der Waals surface area contributed by atoms with E-state index in [1.807, 2.05) is 12.1 Å². The van der Waals surface area contributed by atoms with Crippen LogP contribution in [0.5, 0.6) is 0 Å². The number of nitrogens with one attached hydrogen (secondary N) is 1. The van der Waals surface area contributed by atoms with Gasteiger partial charge in [-0.25, -0.2) is 0 Å². The Bertz CT molecular complexity index is 595. The molecule has 1 fully saturated rings. The van der Waals surface area contributed by atoms with E-state index in [9.17, 15) is 23.1 Å². The summed E-state index contributed by atoms with van der Waals surface area (Å²) in [4.78, 5) is 16.5. The molecular formula is C18H26F3N3O2. The maximum Gasteiger partial charge on any atom is 0.417 e. The first-order valence-corrected chi connectivity index (χ1v) is 8.73. The summed E-state index contributed by atoms with van der Waals surface area (Å²) in [5.41, 5.74) is -1.56. The fourth-order valence-electron chi connectivity index (χ4n) is 2.83. The molecule has 1 saturated heterocycles. The number of rotatable bonds is 6. The lowest BCUT2D eigenvalue weighted by atomic mass is 10.0. The molecule has 2 rings (SSSR count). The van der Waals surface area contributed by atoms with Gasteiger partial charge in [0.25, 0.3) is 0 Å². The first-order valence-electron chi connectivity index (χ1n) is 8.73. The molecule has 26 heavy (non-hydrogen) atoms. The van der Waals surface area contributed by atoms with E-state index in [0.29, 0.717) is 12.6 Å². The summed E-state index contributed by atoms with van der Waals surface area (Å²) < 4.78 is 37.9. The lowest BCUT2D eigenvalue weighted by Gasteiger charge is -2.34. The molecule has 1 aromatic carbocycles. The third-order valence-corrected chi connectivity index (χ3v) is 4.67. The van der Waals surface area contributed by atoms with Crippen molar-refractivity contribution in [1.29, 1.82) is 0 Å². The van der Waals surface area contributed by atoms with Gasteiger partial charge in [0.1, 0.15) is 0 Å². The van der Waals surface area contributed by atoms with E-state index < -0.39 is 24.1 Å². The Morgan fingerprint density at radius 1 is 1.12 bits per heavy atom. The highest BCUT2D eigenvalue weighted by atomic mass is 19.4. The molecule has 1 aliphatic rings. The molecule has 0 aliphatic carbocycles. The molecule has 146 valence electrons. The summed E-state index contributed by atoms with van der Waals surface area (Å²) in [6, 6.07) is 7.03. The molecule has 0 saturated carbocycles. The minimum Gasteiger partial charge on any atom is -0.380 e. The standard InChI is InChI=1S/C18H26F3N3O2/c1-3-23-8-10-24(11-9-23)13-14-4-6-15(7-5-14)22-16(25)12-17(2,26)18(19,20)21/h4-7,26H,3,8-13H2,1-2H3,(H,22,25)/t17-/m1/s1. The molecule has 1 heterocycles. The fourth-order valence-corrected chi connectivity index (χ4v) is 2.83. The highest BCUT2D eigenvalue weighted by Gasteiger charge is 2.50. The second kappa shape index (κ2) is 8.37. The first-order chi connectivity index (χ1) is 12.1. The molecule has 0 radical (unpaired) electrons. The predicted octanol–water partition coefficient (Wildman–Crippen LogP) is 2.47. The second-order valence-electron chi connectivity index (χ2n) is 6.90. The Morgan fingerprint density at radius 2 is 1.65 bits per heavy atom. The van der Waals surface area contributed by atoms with Crippen molar-refractivity contribution in [2.24, 2.45) is 0 Å². The largest absolute Gasteiger partial charge is 0.417 e. The van der Waals surface area contributed by atoms with Gasteiger partial charge < -0.3 is 15.3 Å². The Labute approximate surface area is 151 Å². The molecule has 0 aromatic heterocycles. The number of likely N-dealkylation sites (N-methyl/N-ethyl adjacent to an activating group) is 1. The summed E-state index contributed by atoms with van der Waals surface area (Å²) in [7, 11) is 0. The van der Waals surface area contributed by atoms with Gasteiger partial charge in [-0.3, -0.25) is 9.69 Å². The Kier molecular flexibility index (Phi) is 6.65. The smallest absolute Gasteiger partial charge is 0.380 e. The van der Waals surface area contributed by atoms with Crippen molar-refractivity contribution in [1.82, 2.24) is 9.80 Å². The summed E-state index contributed by atoms with van der Waals surface area (Å²) in [5, 5.41) is 11.8. The number of carbonyl (C=O) groups is 1. The van der Waals surface area contributed by atoms with E-state index in [0.717, 1.165) is 44.8 Å². The minimum atomic E-state index is -4.85. The van der Waals surface area contributed by atoms with E-state index in [1.165, 1.54) is 0 Å². The van der Waals surface area contributed by atoms with Gasteiger partial charge in [-0.05, 0) is 31.2 Å². The quantitative estimate of drug-likeness (QED) is 0.804. The Balaban J connectivity index is 1.85. The van der Waals surface area contributed by atoms with Crippen LogP contribution in [0.1, 0.15) is 25.8 Å². The number of benzene rings is 1. The fraction of sp³-hybridized carbons (Fsp3) is 0.611. The van der Waals surface area contributed by atoms with Crippen molar-refractivity contribution in [3.05, 3.63) is 29.8 Å². The molecule has 1 amide bonds. The number of carbonyl (C=O) groups excluding carboxylic acids is 1. The minimum absolute atomic E-state index is 0.410. The van der Waals surface area contributed by atoms with E-state index >= 15 is 0 Å². The van der Waals surface area contributed by atoms with Crippen LogP contribution < -0.4 is 5.32 Å². The van der Waals surface area contributed by atoms with Gasteiger partial charge in [-0.1, -0.05) is 19.1 Å². The van der Waals surface area contributed by atoms with Crippen molar-refractivity contribution < 1.29 is 23.1 Å². The molecule has 0 unspecified atom stereocenters. The molecule has 1 atom stereocenters. The third-order valence-electron chi connectivity index (χ3n) is 4.67. The average Bonchev–Trinajstić information content (AvgIpc) is 2.56. The number of halogens is 3. The molecule has 8 heteroatoms. The van der Waals surface area contributed by atoms with Crippen LogP contribution in [0.2, 0.25) is 0 Å². The van der Waals surface area contributed by atoms with Crippen LogP contribution in [0.15, 0.2) is 24.3 Å². The number of hydrogen-bond donors (Lipinski definition) is 2. The highest BCUT2D eigenvalue weighted by Crippen LogP contribution is 2.32. The zero-order chi connectivity index (χ0) is 19.4. The average molecular weight is 373 g/mol. The lowest BCUT2D eigenvalue weighted by molar-refractivity contribution is -0.252. The number of piperazine rings is 1. The van der Waals surface area contributed by atoms with Crippen molar-refractivity contribution in [2.75, 3.05) is 38.0 Å². The zero-order valence-corrected chi connectivity index (χ0v) is 15.1. The van der Waals surface area contributed by atoms with Gasteiger partial charge >= 0.3 is 6.18 Å². The first kappa shape index (κ1) is 20.7. The molecule has 5 nitrogen and oxygen atoms in total. The van der Waals surface area contributed by atoms with Crippen molar-refractivity contribution in [3.8, 4) is 0 Å². The van der Waals surface area contributed by atoms with Crippen molar-refractivity contribution >= 4 is 11.6 Å². The van der Waals surface area contributed by atoms with Gasteiger partial charge in [-0.2, -0.15) is 13.2 Å². The Hall–Kier alpha value is -1.64. The Morgan fingerprint density at radius 3 is 2.15 bits per heavy atom. The SMILES string of the molecule is CCN1CCN(Cc2ccc(NC(=O)C[C@@](C)(O)C(F)(F)F)cc2)CC1. The number of amides is 1. The topological polar surface area (TPSA) is 55.8 Å². The van der Waals surface area contributed by atoms with E-state index in [4.69, 9.17) is 0 Å². The molecule has 0 spiro atoms. The number of nitrogens with zero attached hydrogens (tertiary/aromatic N) is 2. The second-order valence-corrected chi connectivity index (χ2v) is 6.90. The van der Waals surface area contributed by atoms with Crippen LogP contribution in [0, 0.1) is 0 Å². The van der Waals surface area contributed by atoms with E-state index in [1.54, 1.807) is 12.1 Å². The van der Waals surface area contributed by atoms with Gasteiger partial charge in [0.05, 0.1) is 6.42 Å². The van der Waals surface area contributed by atoms with Crippen LogP contribution >= 0.6 is 0 Å². The van der Waals surface area contributed by atoms with Gasteiger partial charge in [0.2, 0.25) is 5.91 Å². The summed E-state index contributed by atoms with van der Waals surface area (Å²) in [5.74, 6) is -0.879. The monoisotopic (exact) mass is 373 g/mol. The molecule has 0 bridgehead atoms. The summed E-state index contributed by atoms with van der Waals surface area (Å²) in [6.07, 6.45) is -5.89. The van der Waals surface area contributed by atoms with Crippen LogP contribution in [0.4, 0.5) is 18.9 Å². The van der Waals surface area contributed by atoms with Crippen LogP contribution in [-0.2, 0) is 11.3 Å². The van der Waals surface area contributed by atoms with Crippen molar-refractivity contribution in [2.45, 2.75) is 38.6 Å². The van der Waals surface area contributed by atoms with E-state index in [2.05, 4.69) is 22.0 Å². The van der Waals surface area contributed by atoms with Gasteiger partial charge in [-0.15, -0.1) is 0 Å². The maximum absolute atomic E-state index is 12.6. The van der Waals surface area contributed by atoms with Crippen LogP contribution in [0.3, 0.4) is 0 Å². The van der Waals surface area contributed by atoms with Crippen LogP contribution in [-0.4, -0.2) is 65.3 Å². The third kappa shape index (κ3) is 5.69. The highest BCUT2D eigenvalue weighted by molar-refractivity contribution is 5.91. The molecule has 2 N–H and O–H groups in total. The zero-order valence-electron chi connectivity index (χ0n) is 15.1. The van der Waals surface area contributed by atoms with Gasteiger partial charge in [0.15, 0.2) is 5.60 Å². The van der Waals surface area contributed by atoms with Crippen LogP contribution in [0.25, 0.3) is 0 Å². The molecule has 1 aromatic rings.